The Bertz CT molecular complexity index is 289. The number of para-hydroxylation sites is 2. The van der Waals surface area contributed by atoms with Crippen molar-refractivity contribution in [1.82, 2.24) is 0 Å². The molecular formula is C12H20N2O. The number of rotatable bonds is 6. The van der Waals surface area contributed by atoms with Crippen molar-refractivity contribution in [3.05, 3.63) is 24.3 Å². The van der Waals surface area contributed by atoms with E-state index in [4.69, 9.17) is 10.5 Å². The Hall–Kier alpha value is -1.22. The van der Waals surface area contributed by atoms with Crippen LogP contribution in [-0.4, -0.2) is 19.2 Å². The maximum atomic E-state index is 5.84. The van der Waals surface area contributed by atoms with Gasteiger partial charge in [0.2, 0.25) is 0 Å². The molecule has 0 fully saturated rings. The lowest BCUT2D eigenvalue weighted by molar-refractivity contribution is 0.341. The fourth-order valence-electron chi connectivity index (χ4n) is 1.28. The van der Waals surface area contributed by atoms with Crippen LogP contribution in [-0.2, 0) is 0 Å². The van der Waals surface area contributed by atoms with Gasteiger partial charge in [-0.25, -0.2) is 0 Å². The molecule has 0 aliphatic carbocycles. The molecule has 3 heteroatoms. The lowest BCUT2D eigenvalue weighted by atomic mass is 10.2. The largest absolute Gasteiger partial charge is 0.492 e. The van der Waals surface area contributed by atoms with Crippen LogP contribution in [0.4, 0.5) is 5.69 Å². The minimum Gasteiger partial charge on any atom is -0.492 e. The predicted octanol–water partition coefficient (Wildman–Crippen LogP) is 2.23. The van der Waals surface area contributed by atoms with Gasteiger partial charge in [0.15, 0.2) is 0 Å². The van der Waals surface area contributed by atoms with Crippen molar-refractivity contribution in [2.24, 2.45) is 5.73 Å². The Morgan fingerprint density at radius 2 is 2.07 bits per heavy atom. The molecule has 0 heterocycles. The summed E-state index contributed by atoms with van der Waals surface area (Å²) >= 11 is 0. The average molecular weight is 208 g/mol. The summed E-state index contributed by atoms with van der Waals surface area (Å²) < 4.78 is 5.50. The molecule has 0 aromatic heterocycles. The highest BCUT2D eigenvalue weighted by Gasteiger charge is 2.03. The van der Waals surface area contributed by atoms with Crippen molar-refractivity contribution in [2.75, 3.05) is 18.5 Å². The van der Waals surface area contributed by atoms with Gasteiger partial charge < -0.3 is 15.8 Å². The summed E-state index contributed by atoms with van der Waals surface area (Å²) in [6.07, 6.45) is 0.976. The molecule has 3 N–H and O–H groups in total. The Kier molecular flexibility index (Phi) is 4.98. The Morgan fingerprint density at radius 3 is 2.73 bits per heavy atom. The van der Waals surface area contributed by atoms with Crippen molar-refractivity contribution < 1.29 is 4.74 Å². The summed E-state index contributed by atoms with van der Waals surface area (Å²) in [5.41, 5.74) is 6.86. The van der Waals surface area contributed by atoms with Gasteiger partial charge in [-0.1, -0.05) is 19.1 Å². The maximum Gasteiger partial charge on any atom is 0.142 e. The summed E-state index contributed by atoms with van der Waals surface area (Å²) in [6.45, 7) is 5.52. The molecule has 1 atom stereocenters. The summed E-state index contributed by atoms with van der Waals surface area (Å²) in [4.78, 5) is 0. The van der Waals surface area contributed by atoms with Gasteiger partial charge in [-0.05, 0) is 25.5 Å². The summed E-state index contributed by atoms with van der Waals surface area (Å²) in [6, 6.07) is 8.12. The third kappa shape index (κ3) is 3.80. The van der Waals surface area contributed by atoms with Gasteiger partial charge in [0.1, 0.15) is 5.75 Å². The van der Waals surface area contributed by atoms with E-state index in [1.165, 1.54) is 0 Å². The first kappa shape index (κ1) is 11.9. The molecule has 0 saturated carbocycles. The number of anilines is 1. The molecule has 84 valence electrons. The van der Waals surface area contributed by atoms with E-state index in [-0.39, 0.29) is 6.04 Å². The maximum absolute atomic E-state index is 5.84. The zero-order chi connectivity index (χ0) is 11.1. The lowest BCUT2D eigenvalue weighted by Gasteiger charge is -2.14. The van der Waals surface area contributed by atoms with Gasteiger partial charge in [-0.3, -0.25) is 0 Å². The van der Waals surface area contributed by atoms with Crippen LogP contribution in [0.2, 0.25) is 0 Å². The Morgan fingerprint density at radius 1 is 1.33 bits per heavy atom. The highest BCUT2D eigenvalue weighted by molar-refractivity contribution is 5.56. The van der Waals surface area contributed by atoms with Gasteiger partial charge in [0, 0.05) is 12.6 Å². The quantitative estimate of drug-likeness (QED) is 0.753. The molecule has 1 unspecified atom stereocenters. The van der Waals surface area contributed by atoms with Gasteiger partial charge in [0.05, 0.1) is 12.3 Å². The molecule has 0 saturated heterocycles. The summed E-state index contributed by atoms with van der Waals surface area (Å²) in [5, 5.41) is 3.30. The smallest absolute Gasteiger partial charge is 0.142 e. The van der Waals surface area contributed by atoms with Gasteiger partial charge >= 0.3 is 0 Å². The SMILES string of the molecule is CCOc1ccccc1NCC(N)CC. The first-order valence-corrected chi connectivity index (χ1v) is 5.49. The number of hydrogen-bond donors (Lipinski definition) is 2. The molecule has 0 aliphatic heterocycles. The number of benzene rings is 1. The van der Waals surface area contributed by atoms with Crippen molar-refractivity contribution in [3.63, 3.8) is 0 Å². The van der Waals surface area contributed by atoms with Crippen molar-refractivity contribution >= 4 is 5.69 Å². The third-order valence-electron chi connectivity index (χ3n) is 2.27. The van der Waals surface area contributed by atoms with Crippen molar-refractivity contribution in [1.29, 1.82) is 0 Å². The van der Waals surface area contributed by atoms with E-state index in [0.717, 1.165) is 24.4 Å². The molecule has 0 aliphatic rings. The second-order valence-electron chi connectivity index (χ2n) is 3.48. The minimum absolute atomic E-state index is 0.194. The molecule has 0 radical (unpaired) electrons. The first-order chi connectivity index (χ1) is 7.27. The van der Waals surface area contributed by atoms with E-state index in [2.05, 4.69) is 12.2 Å². The highest BCUT2D eigenvalue weighted by atomic mass is 16.5. The van der Waals surface area contributed by atoms with Gasteiger partial charge in [-0.2, -0.15) is 0 Å². The Balaban J connectivity index is 2.58. The van der Waals surface area contributed by atoms with Crippen LogP contribution in [0.15, 0.2) is 24.3 Å². The van der Waals surface area contributed by atoms with Crippen LogP contribution in [0, 0.1) is 0 Å². The lowest BCUT2D eigenvalue weighted by Crippen LogP contribution is -2.28. The van der Waals surface area contributed by atoms with Crippen LogP contribution < -0.4 is 15.8 Å². The van der Waals surface area contributed by atoms with Crippen LogP contribution in [0.25, 0.3) is 0 Å². The summed E-state index contributed by atoms with van der Waals surface area (Å²) in [7, 11) is 0. The monoisotopic (exact) mass is 208 g/mol. The van der Waals surface area contributed by atoms with Crippen LogP contribution >= 0.6 is 0 Å². The number of nitrogens with two attached hydrogens (primary N) is 1. The molecule has 0 bridgehead atoms. The molecule has 3 nitrogen and oxygen atoms in total. The minimum atomic E-state index is 0.194. The van der Waals surface area contributed by atoms with Crippen molar-refractivity contribution in [3.8, 4) is 5.75 Å². The molecule has 1 aromatic rings. The van der Waals surface area contributed by atoms with Crippen LogP contribution in [0.3, 0.4) is 0 Å². The van der Waals surface area contributed by atoms with Crippen LogP contribution in [0.5, 0.6) is 5.75 Å². The zero-order valence-electron chi connectivity index (χ0n) is 9.49. The molecule has 1 rings (SSSR count). The highest BCUT2D eigenvalue weighted by Crippen LogP contribution is 2.23. The second kappa shape index (κ2) is 6.30. The van der Waals surface area contributed by atoms with E-state index in [0.29, 0.717) is 6.61 Å². The van der Waals surface area contributed by atoms with Gasteiger partial charge in [0.25, 0.3) is 0 Å². The first-order valence-electron chi connectivity index (χ1n) is 5.49. The van der Waals surface area contributed by atoms with Gasteiger partial charge in [-0.15, -0.1) is 0 Å². The molecule has 1 aromatic carbocycles. The number of nitrogens with one attached hydrogen (secondary N) is 1. The number of hydrogen-bond acceptors (Lipinski definition) is 3. The Labute approximate surface area is 91.6 Å². The summed E-state index contributed by atoms with van der Waals surface area (Å²) in [5.74, 6) is 0.892. The fraction of sp³-hybridized carbons (Fsp3) is 0.500. The molecule has 15 heavy (non-hydrogen) atoms. The predicted molar refractivity (Wildman–Crippen MR) is 64.4 cm³/mol. The van der Waals surface area contributed by atoms with E-state index in [1.54, 1.807) is 0 Å². The normalized spacial score (nSPS) is 12.2. The van der Waals surface area contributed by atoms with E-state index in [1.807, 2.05) is 31.2 Å². The topological polar surface area (TPSA) is 47.3 Å². The fourth-order valence-corrected chi connectivity index (χ4v) is 1.28. The van der Waals surface area contributed by atoms with E-state index in [9.17, 15) is 0 Å². The molecule has 0 spiro atoms. The molecular weight excluding hydrogens is 188 g/mol. The number of ether oxygens (including phenoxy) is 1. The van der Waals surface area contributed by atoms with Crippen LogP contribution in [0.1, 0.15) is 20.3 Å². The van der Waals surface area contributed by atoms with E-state index < -0.39 is 0 Å². The van der Waals surface area contributed by atoms with E-state index >= 15 is 0 Å². The standard InChI is InChI=1S/C12H20N2O/c1-3-10(13)9-14-11-7-5-6-8-12(11)15-4-2/h5-8,10,14H,3-4,9,13H2,1-2H3. The molecule has 0 amide bonds. The second-order valence-corrected chi connectivity index (χ2v) is 3.48. The average Bonchev–Trinajstić information content (AvgIpc) is 2.28. The third-order valence-corrected chi connectivity index (χ3v) is 2.27. The zero-order valence-corrected chi connectivity index (χ0v) is 9.49. The van der Waals surface area contributed by atoms with Crippen molar-refractivity contribution in [2.45, 2.75) is 26.3 Å².